The van der Waals surface area contributed by atoms with E-state index in [1.54, 1.807) is 13.1 Å². The molecule has 0 bridgehead atoms. The maximum Gasteiger partial charge on any atom is 0.243 e. The van der Waals surface area contributed by atoms with Crippen molar-refractivity contribution in [1.29, 1.82) is 0 Å². The zero-order valence-electron chi connectivity index (χ0n) is 15.8. The highest BCUT2D eigenvalue weighted by atomic mass is 35.5. The first kappa shape index (κ1) is 22.0. The Morgan fingerprint density at radius 3 is 2.34 bits per heavy atom. The Bertz CT molecular complexity index is 971. The third-order valence-electron chi connectivity index (χ3n) is 5.09. The predicted octanol–water partition coefficient (Wildman–Crippen LogP) is 4.19. The van der Waals surface area contributed by atoms with E-state index in [2.05, 4.69) is 0 Å². The van der Waals surface area contributed by atoms with Crippen molar-refractivity contribution in [2.45, 2.75) is 24.3 Å². The molecule has 0 aliphatic carbocycles. The Kier molecular flexibility index (Phi) is 6.83. The van der Waals surface area contributed by atoms with Crippen molar-refractivity contribution >= 4 is 39.1 Å². The van der Waals surface area contributed by atoms with Crippen LogP contribution in [0.3, 0.4) is 0 Å². The van der Waals surface area contributed by atoms with Crippen LogP contribution in [-0.4, -0.2) is 43.7 Å². The Labute approximate surface area is 180 Å². The molecule has 1 aliphatic heterocycles. The van der Waals surface area contributed by atoms with Crippen LogP contribution in [0.2, 0.25) is 10.0 Å². The topological polar surface area (TPSA) is 57.7 Å². The summed E-state index contributed by atoms with van der Waals surface area (Å²) in [6.07, 6.45) is 0.808. The van der Waals surface area contributed by atoms with Gasteiger partial charge >= 0.3 is 0 Å². The van der Waals surface area contributed by atoms with Gasteiger partial charge in [-0.15, -0.1) is 0 Å². The SMILES string of the molecule is CN(Cc1c(F)cccc1Cl)C(=O)C1CCN(S(=O)(=O)c2ccc(Cl)cc2)CC1. The van der Waals surface area contributed by atoms with Gasteiger partial charge in [0.2, 0.25) is 15.9 Å². The quantitative estimate of drug-likeness (QED) is 0.674. The molecule has 0 unspecified atom stereocenters. The molecule has 0 aromatic heterocycles. The Morgan fingerprint density at radius 1 is 1.14 bits per heavy atom. The molecule has 9 heteroatoms. The van der Waals surface area contributed by atoms with E-state index in [1.165, 1.54) is 45.6 Å². The first-order valence-corrected chi connectivity index (χ1v) is 11.3. The third-order valence-corrected chi connectivity index (χ3v) is 7.61. The number of piperidine rings is 1. The lowest BCUT2D eigenvalue weighted by atomic mass is 9.96. The van der Waals surface area contributed by atoms with Crippen molar-refractivity contribution in [1.82, 2.24) is 9.21 Å². The zero-order chi connectivity index (χ0) is 21.2. The summed E-state index contributed by atoms with van der Waals surface area (Å²) in [4.78, 5) is 14.4. The fourth-order valence-corrected chi connectivity index (χ4v) is 5.23. The van der Waals surface area contributed by atoms with E-state index >= 15 is 0 Å². The minimum atomic E-state index is -3.63. The molecule has 1 aliphatic rings. The highest BCUT2D eigenvalue weighted by Crippen LogP contribution is 2.27. The molecule has 5 nitrogen and oxygen atoms in total. The van der Waals surface area contributed by atoms with Gasteiger partial charge in [-0.05, 0) is 49.2 Å². The van der Waals surface area contributed by atoms with Gasteiger partial charge in [0, 0.05) is 48.2 Å². The van der Waals surface area contributed by atoms with E-state index in [0.29, 0.717) is 17.9 Å². The van der Waals surface area contributed by atoms with Crippen molar-refractivity contribution in [2.75, 3.05) is 20.1 Å². The van der Waals surface area contributed by atoms with Gasteiger partial charge in [0.15, 0.2) is 0 Å². The molecule has 1 heterocycles. The first-order chi connectivity index (χ1) is 13.7. The average molecular weight is 459 g/mol. The number of hydrogen-bond acceptors (Lipinski definition) is 3. The van der Waals surface area contributed by atoms with Gasteiger partial charge in [0.05, 0.1) is 4.90 Å². The second-order valence-corrected chi connectivity index (χ2v) is 9.81. The molecule has 1 amide bonds. The fraction of sp³-hybridized carbons (Fsp3) is 0.350. The molecule has 3 rings (SSSR count). The van der Waals surface area contributed by atoms with E-state index in [0.717, 1.165) is 0 Å². The van der Waals surface area contributed by atoms with E-state index in [9.17, 15) is 17.6 Å². The molecule has 1 saturated heterocycles. The van der Waals surface area contributed by atoms with Crippen LogP contribution < -0.4 is 0 Å². The number of halogens is 3. The van der Waals surface area contributed by atoms with Crippen LogP contribution >= 0.6 is 23.2 Å². The number of benzene rings is 2. The van der Waals surface area contributed by atoms with Gasteiger partial charge in [-0.3, -0.25) is 4.79 Å². The maximum atomic E-state index is 14.0. The second-order valence-electron chi connectivity index (χ2n) is 7.03. The number of hydrogen-bond donors (Lipinski definition) is 0. The van der Waals surface area contributed by atoms with Crippen molar-refractivity contribution in [3.8, 4) is 0 Å². The minimum absolute atomic E-state index is 0.0631. The number of amides is 1. The lowest BCUT2D eigenvalue weighted by molar-refractivity contribution is -0.135. The minimum Gasteiger partial charge on any atom is -0.341 e. The van der Waals surface area contributed by atoms with Crippen molar-refractivity contribution in [3.05, 3.63) is 63.9 Å². The van der Waals surface area contributed by atoms with Gasteiger partial charge in [-0.25, -0.2) is 12.8 Å². The van der Waals surface area contributed by atoms with Crippen LogP contribution in [0.15, 0.2) is 47.4 Å². The molecule has 156 valence electrons. The lowest BCUT2D eigenvalue weighted by Gasteiger charge is -2.32. The molecule has 0 radical (unpaired) electrons. The van der Waals surface area contributed by atoms with Gasteiger partial charge in [-0.2, -0.15) is 4.31 Å². The zero-order valence-corrected chi connectivity index (χ0v) is 18.1. The molecule has 0 atom stereocenters. The summed E-state index contributed by atoms with van der Waals surface area (Å²) in [5.74, 6) is -0.920. The van der Waals surface area contributed by atoms with Gasteiger partial charge in [-0.1, -0.05) is 29.3 Å². The first-order valence-electron chi connectivity index (χ1n) is 9.13. The van der Waals surface area contributed by atoms with E-state index in [-0.39, 0.29) is 46.9 Å². The molecule has 0 saturated carbocycles. The standard InChI is InChI=1S/C20H21Cl2FN2O3S/c1-24(13-17-18(22)3-2-4-19(17)23)20(26)14-9-11-25(12-10-14)29(27,28)16-7-5-15(21)6-8-16/h2-8,14H,9-13H2,1H3. The van der Waals surface area contributed by atoms with Crippen LogP contribution in [-0.2, 0) is 21.4 Å². The molecule has 0 N–H and O–H groups in total. The van der Waals surface area contributed by atoms with Crippen LogP contribution in [0, 0.1) is 11.7 Å². The lowest BCUT2D eigenvalue weighted by Crippen LogP contribution is -2.43. The molecular formula is C20H21Cl2FN2O3S. The maximum absolute atomic E-state index is 14.0. The summed E-state index contributed by atoms with van der Waals surface area (Å²) in [6, 6.07) is 10.4. The van der Waals surface area contributed by atoms with Crippen molar-refractivity contribution in [2.24, 2.45) is 5.92 Å². The smallest absolute Gasteiger partial charge is 0.243 e. The number of rotatable bonds is 5. The monoisotopic (exact) mass is 458 g/mol. The number of nitrogens with zero attached hydrogens (tertiary/aromatic N) is 2. The van der Waals surface area contributed by atoms with Crippen molar-refractivity contribution in [3.63, 3.8) is 0 Å². The fourth-order valence-electron chi connectivity index (χ4n) is 3.41. The molecular weight excluding hydrogens is 438 g/mol. The Balaban J connectivity index is 1.62. The normalized spacial score (nSPS) is 16.0. The number of carbonyl (C=O) groups is 1. The number of carbonyl (C=O) groups excluding carboxylic acids is 1. The third kappa shape index (κ3) is 4.91. The van der Waals surface area contributed by atoms with Crippen LogP contribution in [0.1, 0.15) is 18.4 Å². The Hall–Kier alpha value is -1.67. The molecule has 29 heavy (non-hydrogen) atoms. The Morgan fingerprint density at radius 2 is 1.76 bits per heavy atom. The largest absolute Gasteiger partial charge is 0.341 e. The van der Waals surface area contributed by atoms with E-state index < -0.39 is 15.8 Å². The van der Waals surface area contributed by atoms with Crippen LogP contribution in [0.5, 0.6) is 0 Å². The second kappa shape index (κ2) is 9.00. The molecule has 2 aromatic rings. The summed E-state index contributed by atoms with van der Waals surface area (Å²) in [5.41, 5.74) is 0.271. The van der Waals surface area contributed by atoms with Crippen molar-refractivity contribution < 1.29 is 17.6 Å². The summed E-state index contributed by atoms with van der Waals surface area (Å²) in [5, 5.41) is 0.736. The molecule has 1 fully saturated rings. The summed E-state index contributed by atoms with van der Waals surface area (Å²) in [7, 11) is -2.03. The summed E-state index contributed by atoms with van der Waals surface area (Å²) >= 11 is 11.9. The summed E-state index contributed by atoms with van der Waals surface area (Å²) < 4.78 is 40.9. The average Bonchev–Trinajstić information content (AvgIpc) is 2.70. The highest BCUT2D eigenvalue weighted by Gasteiger charge is 2.33. The van der Waals surface area contributed by atoms with E-state index in [4.69, 9.17) is 23.2 Å². The predicted molar refractivity (Wildman–Crippen MR) is 111 cm³/mol. The number of sulfonamides is 1. The summed E-state index contributed by atoms with van der Waals surface area (Å²) in [6.45, 7) is 0.555. The molecule has 2 aromatic carbocycles. The molecule has 0 spiro atoms. The van der Waals surface area contributed by atoms with Crippen LogP contribution in [0.25, 0.3) is 0 Å². The van der Waals surface area contributed by atoms with E-state index in [1.807, 2.05) is 0 Å². The van der Waals surface area contributed by atoms with Crippen LogP contribution in [0.4, 0.5) is 4.39 Å². The van der Waals surface area contributed by atoms with Gasteiger partial charge in [0.25, 0.3) is 0 Å². The highest BCUT2D eigenvalue weighted by molar-refractivity contribution is 7.89. The van der Waals surface area contributed by atoms with Gasteiger partial charge < -0.3 is 4.90 Å². The van der Waals surface area contributed by atoms with Gasteiger partial charge in [0.1, 0.15) is 5.82 Å².